The monoisotopic (exact) mass is 308 g/mol. The van der Waals surface area contributed by atoms with Crippen molar-refractivity contribution >= 4 is 35.1 Å². The lowest BCUT2D eigenvalue weighted by atomic mass is 9.90. The summed E-state index contributed by atoms with van der Waals surface area (Å²) in [6.45, 7) is 7.91. The average molecular weight is 308 g/mol. The van der Waals surface area contributed by atoms with Crippen molar-refractivity contribution in [3.63, 3.8) is 0 Å². The Bertz CT molecular complexity index is 489. The van der Waals surface area contributed by atoms with Gasteiger partial charge < -0.3 is 0 Å². The highest BCUT2D eigenvalue weighted by Gasteiger charge is 2.37. The lowest BCUT2D eigenvalue weighted by molar-refractivity contribution is -0.121. The Morgan fingerprint density at radius 1 is 0.800 bits per heavy atom. The molecule has 108 valence electrons. The fourth-order valence-corrected chi connectivity index (χ4v) is 4.44. The second-order valence-corrected chi connectivity index (χ2v) is 8.48. The van der Waals surface area contributed by atoms with Crippen LogP contribution in [0.3, 0.4) is 0 Å². The second kappa shape index (κ2) is 5.57. The molecule has 4 heteroatoms. The van der Waals surface area contributed by atoms with Gasteiger partial charge in [0.15, 0.2) is 11.6 Å². The maximum absolute atomic E-state index is 12.0. The van der Waals surface area contributed by atoms with Crippen molar-refractivity contribution in [1.29, 1.82) is 0 Å². The van der Waals surface area contributed by atoms with Crippen molar-refractivity contribution < 1.29 is 9.59 Å². The van der Waals surface area contributed by atoms with Crippen LogP contribution in [0.15, 0.2) is 34.1 Å². The van der Waals surface area contributed by atoms with Gasteiger partial charge in [-0.2, -0.15) is 0 Å². The topological polar surface area (TPSA) is 34.1 Å². The van der Waals surface area contributed by atoms with E-state index in [-0.39, 0.29) is 22.4 Å². The molecule has 2 aliphatic rings. The highest BCUT2D eigenvalue weighted by Crippen LogP contribution is 2.41. The van der Waals surface area contributed by atoms with Crippen LogP contribution in [0, 0.1) is 10.8 Å². The zero-order valence-electron chi connectivity index (χ0n) is 12.4. The minimum Gasteiger partial charge on any atom is -0.293 e. The molecule has 0 N–H and O–H groups in total. The normalized spacial score (nSPS) is 29.2. The van der Waals surface area contributed by atoms with Gasteiger partial charge in [-0.1, -0.05) is 39.8 Å². The summed E-state index contributed by atoms with van der Waals surface area (Å²) in [6, 6.07) is 0. The van der Waals surface area contributed by atoms with Gasteiger partial charge in [0, 0.05) is 22.3 Å². The predicted molar refractivity (Wildman–Crippen MR) is 87.8 cm³/mol. The van der Waals surface area contributed by atoms with Crippen LogP contribution in [-0.2, 0) is 9.59 Å². The summed E-state index contributed by atoms with van der Waals surface area (Å²) in [5.41, 5.74) is -0.492. The number of carbonyl (C=O) groups excluding carboxylic acids is 2. The van der Waals surface area contributed by atoms with Gasteiger partial charge in [-0.05, 0) is 12.2 Å². The van der Waals surface area contributed by atoms with Gasteiger partial charge in [0.25, 0.3) is 0 Å². The van der Waals surface area contributed by atoms with Gasteiger partial charge in [0.05, 0.1) is 9.81 Å². The molecule has 0 spiro atoms. The Balaban J connectivity index is 2.03. The number of allylic oxidation sites excluding steroid dienone is 6. The summed E-state index contributed by atoms with van der Waals surface area (Å²) in [5.74, 6) is 2.11. The van der Waals surface area contributed by atoms with Crippen LogP contribution >= 0.6 is 23.5 Å². The third-order valence-electron chi connectivity index (χ3n) is 3.46. The molecule has 0 amide bonds. The van der Waals surface area contributed by atoms with Crippen LogP contribution in [0.25, 0.3) is 0 Å². The molecule has 0 aromatic rings. The van der Waals surface area contributed by atoms with E-state index in [1.807, 2.05) is 52.0 Å². The molecule has 0 aromatic heterocycles. The minimum atomic E-state index is -0.246. The first kappa shape index (κ1) is 15.6. The standard InChI is InChI=1S/C16H20O2S2/c1-15(2)9-19-11(13(15)17)7-5-6-8-12-14(18)16(3,4)10-20-12/h5-8H,9-10H2,1-4H3/b6-5+,11-7-,12-8+. The zero-order chi connectivity index (χ0) is 15.0. The molecular formula is C16H20O2S2. The molecule has 0 aromatic carbocycles. The Morgan fingerprint density at radius 3 is 1.40 bits per heavy atom. The van der Waals surface area contributed by atoms with Gasteiger partial charge in [-0.3, -0.25) is 9.59 Å². The molecule has 0 atom stereocenters. The molecule has 0 unspecified atom stereocenters. The third-order valence-corrected chi connectivity index (χ3v) is 6.46. The van der Waals surface area contributed by atoms with E-state index in [4.69, 9.17) is 0 Å². The lowest BCUT2D eigenvalue weighted by Crippen LogP contribution is -2.20. The van der Waals surface area contributed by atoms with Crippen molar-refractivity contribution in [2.75, 3.05) is 11.5 Å². The van der Waals surface area contributed by atoms with Gasteiger partial charge in [-0.25, -0.2) is 0 Å². The van der Waals surface area contributed by atoms with Crippen molar-refractivity contribution in [1.82, 2.24) is 0 Å². The van der Waals surface area contributed by atoms with Crippen LogP contribution in [0.1, 0.15) is 27.7 Å². The Kier molecular flexibility index (Phi) is 4.35. The van der Waals surface area contributed by atoms with E-state index < -0.39 is 0 Å². The summed E-state index contributed by atoms with van der Waals surface area (Å²) in [5, 5.41) is 0. The molecule has 0 aliphatic carbocycles. The molecule has 2 heterocycles. The molecule has 2 saturated heterocycles. The largest absolute Gasteiger partial charge is 0.293 e. The fourth-order valence-electron chi connectivity index (χ4n) is 1.98. The lowest BCUT2D eigenvalue weighted by Gasteiger charge is -2.11. The molecule has 2 rings (SSSR count). The SMILES string of the molecule is CC1(C)CS\C(=C/C=C/C=C2/SCC(C)(C)C2=O)C1=O. The number of Topliss-reactive ketones (excluding diaryl/α,β-unsaturated/α-hetero) is 2. The van der Waals surface area contributed by atoms with Gasteiger partial charge >= 0.3 is 0 Å². The predicted octanol–water partition coefficient (Wildman–Crippen LogP) is 3.99. The first-order valence-electron chi connectivity index (χ1n) is 6.68. The Morgan fingerprint density at radius 2 is 1.15 bits per heavy atom. The maximum Gasteiger partial charge on any atom is 0.175 e. The molecule has 0 bridgehead atoms. The van der Waals surface area contributed by atoms with Crippen LogP contribution in [0.2, 0.25) is 0 Å². The molecule has 20 heavy (non-hydrogen) atoms. The van der Waals surface area contributed by atoms with Crippen LogP contribution < -0.4 is 0 Å². The average Bonchev–Trinajstić information content (AvgIpc) is 2.77. The number of rotatable bonds is 2. The van der Waals surface area contributed by atoms with Gasteiger partial charge in [0.2, 0.25) is 0 Å². The van der Waals surface area contributed by atoms with Crippen molar-refractivity contribution in [2.24, 2.45) is 10.8 Å². The highest BCUT2D eigenvalue weighted by molar-refractivity contribution is 8.04. The summed E-state index contributed by atoms with van der Waals surface area (Å²) >= 11 is 3.22. The van der Waals surface area contributed by atoms with E-state index >= 15 is 0 Å². The van der Waals surface area contributed by atoms with E-state index in [0.29, 0.717) is 0 Å². The van der Waals surface area contributed by atoms with E-state index in [2.05, 4.69) is 0 Å². The zero-order valence-corrected chi connectivity index (χ0v) is 14.0. The number of ketones is 2. The first-order chi connectivity index (χ1) is 9.24. The van der Waals surface area contributed by atoms with Crippen molar-refractivity contribution in [3.05, 3.63) is 34.1 Å². The van der Waals surface area contributed by atoms with Gasteiger partial charge in [0.1, 0.15) is 0 Å². The van der Waals surface area contributed by atoms with E-state index in [9.17, 15) is 9.59 Å². The molecule has 2 nitrogen and oxygen atoms in total. The minimum absolute atomic E-state index is 0.215. The van der Waals surface area contributed by atoms with Crippen LogP contribution in [0.4, 0.5) is 0 Å². The first-order valence-corrected chi connectivity index (χ1v) is 8.65. The summed E-state index contributed by atoms with van der Waals surface area (Å²) in [4.78, 5) is 25.7. The van der Waals surface area contributed by atoms with Crippen molar-refractivity contribution in [3.8, 4) is 0 Å². The Labute approximate surface area is 129 Å². The summed E-state index contributed by atoms with van der Waals surface area (Å²) in [6.07, 6.45) is 7.42. The van der Waals surface area contributed by atoms with E-state index in [1.165, 1.54) is 0 Å². The maximum atomic E-state index is 12.0. The van der Waals surface area contributed by atoms with E-state index in [0.717, 1.165) is 21.3 Å². The van der Waals surface area contributed by atoms with Crippen LogP contribution in [0.5, 0.6) is 0 Å². The number of hydrogen-bond acceptors (Lipinski definition) is 4. The number of hydrogen-bond donors (Lipinski definition) is 0. The molecule has 2 aliphatic heterocycles. The summed E-state index contributed by atoms with van der Waals surface area (Å²) in [7, 11) is 0. The quantitative estimate of drug-likeness (QED) is 0.722. The number of carbonyl (C=O) groups is 2. The molecule has 0 radical (unpaired) electrons. The molecule has 2 fully saturated rings. The highest BCUT2D eigenvalue weighted by atomic mass is 32.2. The second-order valence-electron chi connectivity index (χ2n) is 6.45. The molecular weight excluding hydrogens is 288 g/mol. The van der Waals surface area contributed by atoms with E-state index in [1.54, 1.807) is 23.5 Å². The fraction of sp³-hybridized carbons (Fsp3) is 0.500. The molecule has 0 saturated carbocycles. The van der Waals surface area contributed by atoms with Crippen molar-refractivity contribution in [2.45, 2.75) is 27.7 Å². The van der Waals surface area contributed by atoms with Gasteiger partial charge in [-0.15, -0.1) is 23.5 Å². The third kappa shape index (κ3) is 3.12. The number of thioether (sulfide) groups is 2. The smallest absolute Gasteiger partial charge is 0.175 e. The Hall–Kier alpha value is -0.740. The van der Waals surface area contributed by atoms with Crippen LogP contribution in [-0.4, -0.2) is 23.1 Å². The summed E-state index contributed by atoms with van der Waals surface area (Å²) < 4.78 is 0.